The molecule has 1 N–H and O–H groups in total. The van der Waals surface area contributed by atoms with Crippen molar-refractivity contribution >= 4 is 22.8 Å². The van der Waals surface area contributed by atoms with Gasteiger partial charge in [0.1, 0.15) is 5.82 Å². The largest absolute Gasteiger partial charge is 0.418 e. The van der Waals surface area contributed by atoms with Crippen LogP contribution < -0.4 is 4.90 Å². The van der Waals surface area contributed by atoms with Gasteiger partial charge < -0.3 is 10.0 Å². The van der Waals surface area contributed by atoms with E-state index in [1.807, 2.05) is 16.8 Å². The molecule has 126 valence electrons. The van der Waals surface area contributed by atoms with Gasteiger partial charge in [-0.1, -0.05) is 0 Å². The molecule has 0 bridgehead atoms. The van der Waals surface area contributed by atoms with E-state index in [1.165, 1.54) is 20.8 Å². The lowest BCUT2D eigenvalue weighted by atomic mass is 10.0. The van der Waals surface area contributed by atoms with Crippen molar-refractivity contribution < 1.29 is 18.3 Å². The molecule has 0 aromatic carbocycles. The number of thiophene rings is 1. The third-order valence-electron chi connectivity index (χ3n) is 4.13. The van der Waals surface area contributed by atoms with Crippen molar-refractivity contribution in [3.05, 3.63) is 29.0 Å². The molecule has 1 saturated heterocycles. The molecule has 4 heterocycles. The van der Waals surface area contributed by atoms with E-state index >= 15 is 0 Å². The number of rotatable bonds is 2. The van der Waals surface area contributed by atoms with E-state index in [9.17, 15) is 18.3 Å². The Morgan fingerprint density at radius 3 is 2.71 bits per heavy atom. The molecule has 1 aliphatic heterocycles. The van der Waals surface area contributed by atoms with Crippen LogP contribution in [-0.2, 0) is 0 Å². The summed E-state index contributed by atoms with van der Waals surface area (Å²) >= 11 is 1.50. The summed E-state index contributed by atoms with van der Waals surface area (Å²) in [5.74, 6) is 0.873. The summed E-state index contributed by atoms with van der Waals surface area (Å²) in [6.45, 7) is -0.463. The van der Waals surface area contributed by atoms with Crippen LogP contribution in [0.1, 0.15) is 6.42 Å². The topological polar surface area (TPSA) is 66.5 Å². The molecule has 1 unspecified atom stereocenters. The fraction of sp³-hybridized carbons (Fsp3) is 0.357. The van der Waals surface area contributed by atoms with Crippen molar-refractivity contribution in [2.45, 2.75) is 18.2 Å². The second kappa shape index (κ2) is 5.15. The number of anilines is 1. The zero-order chi connectivity index (χ0) is 16.9. The van der Waals surface area contributed by atoms with Crippen LogP contribution in [0.15, 0.2) is 29.0 Å². The fourth-order valence-corrected chi connectivity index (χ4v) is 3.37. The number of halogens is 3. The molecule has 3 aromatic rings. The number of aliphatic hydroxyl groups is 1. The van der Waals surface area contributed by atoms with Crippen molar-refractivity contribution in [1.82, 2.24) is 19.8 Å². The Kier molecular flexibility index (Phi) is 3.29. The SMILES string of the molecule is OC1(C(F)(F)F)CCN(c2ccc3nnc(-c4ccsc4)n3n2)C1. The van der Waals surface area contributed by atoms with E-state index in [2.05, 4.69) is 15.3 Å². The Bertz CT molecular complexity index is 878. The zero-order valence-corrected chi connectivity index (χ0v) is 13.0. The third-order valence-corrected chi connectivity index (χ3v) is 4.81. The van der Waals surface area contributed by atoms with Crippen LogP contribution in [0.3, 0.4) is 0 Å². The summed E-state index contributed by atoms with van der Waals surface area (Å²) in [6, 6.07) is 5.10. The van der Waals surface area contributed by atoms with Crippen LogP contribution >= 0.6 is 11.3 Å². The molecule has 3 aromatic heterocycles. The van der Waals surface area contributed by atoms with Gasteiger partial charge in [0.15, 0.2) is 17.1 Å². The predicted octanol–water partition coefficient (Wildman–Crippen LogP) is 2.36. The highest BCUT2D eigenvalue weighted by Gasteiger charge is 2.57. The molecule has 10 heteroatoms. The molecule has 0 aliphatic carbocycles. The third kappa shape index (κ3) is 2.33. The number of aromatic nitrogens is 4. The van der Waals surface area contributed by atoms with Crippen molar-refractivity contribution in [2.24, 2.45) is 0 Å². The summed E-state index contributed by atoms with van der Waals surface area (Å²) in [7, 11) is 0. The van der Waals surface area contributed by atoms with Crippen LogP contribution in [-0.4, -0.2) is 49.8 Å². The summed E-state index contributed by atoms with van der Waals surface area (Å²) < 4.78 is 40.4. The number of hydrogen-bond acceptors (Lipinski definition) is 6. The van der Waals surface area contributed by atoms with Gasteiger partial charge in [-0.3, -0.25) is 0 Å². The maximum Gasteiger partial charge on any atom is 0.418 e. The van der Waals surface area contributed by atoms with Gasteiger partial charge in [0.2, 0.25) is 0 Å². The van der Waals surface area contributed by atoms with E-state index in [1.54, 1.807) is 12.1 Å². The van der Waals surface area contributed by atoms with Crippen LogP contribution in [0.4, 0.5) is 19.0 Å². The van der Waals surface area contributed by atoms with Crippen LogP contribution in [0.2, 0.25) is 0 Å². The predicted molar refractivity (Wildman–Crippen MR) is 81.9 cm³/mol. The second-order valence-corrected chi connectivity index (χ2v) is 6.48. The zero-order valence-electron chi connectivity index (χ0n) is 12.2. The van der Waals surface area contributed by atoms with E-state index < -0.39 is 18.3 Å². The quantitative estimate of drug-likeness (QED) is 0.764. The Morgan fingerprint density at radius 2 is 2.04 bits per heavy atom. The van der Waals surface area contributed by atoms with E-state index in [4.69, 9.17) is 0 Å². The first-order valence-corrected chi connectivity index (χ1v) is 8.11. The number of alkyl halides is 3. The molecule has 0 amide bonds. The highest BCUT2D eigenvalue weighted by atomic mass is 32.1. The van der Waals surface area contributed by atoms with Gasteiger partial charge in [-0.05, 0) is 23.6 Å². The maximum atomic E-state index is 13.0. The standard InChI is InChI=1S/C14H12F3N5OS/c15-14(16,17)13(23)4-5-21(8-13)11-2-1-10-18-19-12(22(10)20-11)9-3-6-24-7-9/h1-3,6-7,23H,4-5,8H2. The minimum atomic E-state index is -4.66. The lowest BCUT2D eigenvalue weighted by Crippen LogP contribution is -2.47. The summed E-state index contributed by atoms with van der Waals surface area (Å²) in [5.41, 5.74) is -1.36. The molecule has 0 spiro atoms. The summed E-state index contributed by atoms with van der Waals surface area (Å²) in [4.78, 5) is 1.42. The summed E-state index contributed by atoms with van der Waals surface area (Å²) in [5, 5.41) is 26.1. The molecule has 1 fully saturated rings. The normalized spacial score (nSPS) is 21.8. The van der Waals surface area contributed by atoms with Crippen molar-refractivity contribution in [3.63, 3.8) is 0 Å². The first kappa shape index (κ1) is 15.3. The number of nitrogens with zero attached hydrogens (tertiary/aromatic N) is 5. The lowest BCUT2D eigenvalue weighted by molar-refractivity contribution is -0.250. The molecule has 1 aliphatic rings. The highest BCUT2D eigenvalue weighted by molar-refractivity contribution is 7.08. The Hall–Kier alpha value is -2.20. The van der Waals surface area contributed by atoms with E-state index in [-0.39, 0.29) is 13.0 Å². The smallest absolute Gasteiger partial charge is 0.379 e. The lowest BCUT2D eigenvalue weighted by Gasteiger charge is -2.26. The van der Waals surface area contributed by atoms with Gasteiger partial charge in [0.25, 0.3) is 0 Å². The molecule has 24 heavy (non-hydrogen) atoms. The van der Waals surface area contributed by atoms with Gasteiger partial charge >= 0.3 is 6.18 Å². The Morgan fingerprint density at radius 1 is 1.21 bits per heavy atom. The first-order valence-electron chi connectivity index (χ1n) is 7.16. The van der Waals surface area contributed by atoms with Crippen LogP contribution in [0.25, 0.3) is 17.0 Å². The van der Waals surface area contributed by atoms with Gasteiger partial charge in [0.05, 0.1) is 6.54 Å². The number of hydrogen-bond donors (Lipinski definition) is 1. The van der Waals surface area contributed by atoms with Gasteiger partial charge in [0, 0.05) is 23.9 Å². The molecule has 1 atom stereocenters. The Labute approximate surface area is 138 Å². The van der Waals surface area contributed by atoms with Crippen LogP contribution in [0.5, 0.6) is 0 Å². The number of β-amino-alcohol motifs (C(OH)–C–C–N with tert-alkyl or cyclic N) is 1. The van der Waals surface area contributed by atoms with E-state index in [0.29, 0.717) is 17.3 Å². The van der Waals surface area contributed by atoms with Crippen LogP contribution in [0, 0.1) is 0 Å². The molecule has 0 saturated carbocycles. The molecular weight excluding hydrogens is 343 g/mol. The van der Waals surface area contributed by atoms with Gasteiger partial charge in [-0.15, -0.1) is 15.3 Å². The minimum absolute atomic E-state index is 0.0738. The molecule has 6 nitrogen and oxygen atoms in total. The molecule has 4 rings (SSSR count). The maximum absolute atomic E-state index is 13.0. The van der Waals surface area contributed by atoms with E-state index in [0.717, 1.165) is 5.56 Å². The highest BCUT2D eigenvalue weighted by Crippen LogP contribution is 2.38. The average Bonchev–Trinajstić information content (AvgIpc) is 3.24. The van der Waals surface area contributed by atoms with Crippen molar-refractivity contribution in [2.75, 3.05) is 18.0 Å². The fourth-order valence-electron chi connectivity index (χ4n) is 2.74. The molecule has 0 radical (unpaired) electrons. The van der Waals surface area contributed by atoms with Crippen molar-refractivity contribution in [1.29, 1.82) is 0 Å². The first-order chi connectivity index (χ1) is 11.4. The molecular formula is C14H12F3N5OS. The minimum Gasteiger partial charge on any atom is -0.379 e. The monoisotopic (exact) mass is 355 g/mol. The summed E-state index contributed by atoms with van der Waals surface area (Å²) in [6.07, 6.45) is -5.04. The van der Waals surface area contributed by atoms with Gasteiger partial charge in [-0.2, -0.15) is 29.0 Å². The van der Waals surface area contributed by atoms with Crippen molar-refractivity contribution in [3.8, 4) is 11.4 Å². The van der Waals surface area contributed by atoms with Gasteiger partial charge in [-0.25, -0.2) is 0 Å². The average molecular weight is 355 g/mol. The number of fused-ring (bicyclic) bond motifs is 1. The second-order valence-electron chi connectivity index (χ2n) is 5.70. The Balaban J connectivity index is 1.70.